The van der Waals surface area contributed by atoms with Gasteiger partial charge < -0.3 is 0 Å². The maximum atomic E-state index is 11.2. The van der Waals surface area contributed by atoms with Crippen LogP contribution in [0, 0.1) is 11.3 Å². The molecule has 0 fully saturated rings. The molecule has 0 heterocycles. The zero-order chi connectivity index (χ0) is 11.5. The quantitative estimate of drug-likeness (QED) is 0.932. The van der Waals surface area contributed by atoms with Crippen LogP contribution in [0.2, 0.25) is 5.02 Å². The fraction of sp³-hybridized carbons (Fsp3) is 0.125. The number of hydrogen-bond acceptors (Lipinski definition) is 3. The van der Waals surface area contributed by atoms with Gasteiger partial charge in [-0.15, -0.1) is 0 Å². The van der Waals surface area contributed by atoms with Crippen LogP contribution >= 0.6 is 27.5 Å². The number of nitrogens with zero attached hydrogens (tertiary/aromatic N) is 1. The van der Waals surface area contributed by atoms with Gasteiger partial charge in [-0.05, 0) is 34.1 Å². The molecule has 0 bridgehead atoms. The Morgan fingerprint density at radius 1 is 1.53 bits per heavy atom. The van der Waals surface area contributed by atoms with E-state index in [2.05, 4.69) is 20.7 Å². The minimum Gasteiger partial charge on any atom is -0.282 e. The van der Waals surface area contributed by atoms with Crippen molar-refractivity contribution >= 4 is 43.2 Å². The second kappa shape index (κ2) is 4.84. The first kappa shape index (κ1) is 12.3. The third-order valence-electron chi connectivity index (χ3n) is 1.45. The first-order valence-electron chi connectivity index (χ1n) is 3.77. The first-order valence-corrected chi connectivity index (χ1v) is 6.59. The summed E-state index contributed by atoms with van der Waals surface area (Å²) < 4.78 is 25.3. The lowest BCUT2D eigenvalue weighted by Gasteiger charge is -2.07. The molecule has 0 aliphatic heterocycles. The molecular weight excluding hydrogens is 304 g/mol. The molecule has 1 aromatic rings. The minimum absolute atomic E-state index is 0.356. The Hall–Kier alpha value is -0.770. The third kappa shape index (κ3) is 3.70. The summed E-state index contributed by atoms with van der Waals surface area (Å²) in [6, 6.07) is 6.20. The van der Waals surface area contributed by atoms with Gasteiger partial charge in [0.2, 0.25) is 10.0 Å². The molecule has 0 amide bonds. The molecule has 0 aliphatic rings. The van der Waals surface area contributed by atoms with Crippen molar-refractivity contribution in [2.75, 3.05) is 10.5 Å². The van der Waals surface area contributed by atoms with E-state index in [9.17, 15) is 8.42 Å². The van der Waals surface area contributed by atoms with Crippen molar-refractivity contribution in [1.29, 1.82) is 5.26 Å². The largest absolute Gasteiger partial charge is 0.282 e. The number of nitriles is 1. The summed E-state index contributed by atoms with van der Waals surface area (Å²) in [5.74, 6) is -0.581. The summed E-state index contributed by atoms with van der Waals surface area (Å²) in [6.45, 7) is 0. The van der Waals surface area contributed by atoms with E-state index in [-0.39, 0.29) is 0 Å². The summed E-state index contributed by atoms with van der Waals surface area (Å²) in [5, 5.41) is 8.78. The molecule has 0 atom stereocenters. The van der Waals surface area contributed by atoms with Crippen molar-refractivity contribution in [1.82, 2.24) is 0 Å². The second-order valence-electron chi connectivity index (χ2n) is 2.64. The van der Waals surface area contributed by atoms with E-state index in [0.29, 0.717) is 15.2 Å². The molecule has 0 unspecified atom stereocenters. The number of benzene rings is 1. The predicted molar refractivity (Wildman–Crippen MR) is 62.2 cm³/mol. The van der Waals surface area contributed by atoms with Crippen LogP contribution in [0.25, 0.3) is 0 Å². The average molecular weight is 310 g/mol. The lowest BCUT2D eigenvalue weighted by Crippen LogP contribution is -2.15. The molecule has 0 spiro atoms. The fourth-order valence-corrected chi connectivity index (χ4v) is 2.53. The first-order chi connectivity index (χ1) is 6.94. The molecule has 1 rings (SSSR count). The van der Waals surface area contributed by atoms with Gasteiger partial charge in [0.1, 0.15) is 0 Å². The van der Waals surface area contributed by atoms with E-state index in [4.69, 9.17) is 16.9 Å². The van der Waals surface area contributed by atoms with Crippen LogP contribution < -0.4 is 4.72 Å². The van der Waals surface area contributed by atoms with E-state index in [1.165, 1.54) is 6.07 Å². The second-order valence-corrected chi connectivity index (χ2v) is 5.66. The monoisotopic (exact) mass is 308 g/mol. The summed E-state index contributed by atoms with van der Waals surface area (Å²) in [6.07, 6.45) is 0. The number of halogens is 2. The summed E-state index contributed by atoms with van der Waals surface area (Å²) in [4.78, 5) is 0. The van der Waals surface area contributed by atoms with Crippen LogP contribution in [0.15, 0.2) is 22.7 Å². The van der Waals surface area contributed by atoms with Gasteiger partial charge in [-0.25, -0.2) is 8.42 Å². The Labute approximate surface area is 101 Å². The van der Waals surface area contributed by atoms with Crippen molar-refractivity contribution in [2.45, 2.75) is 0 Å². The Kier molecular flexibility index (Phi) is 3.97. The highest BCUT2D eigenvalue weighted by Crippen LogP contribution is 2.26. The maximum Gasteiger partial charge on any atom is 0.246 e. The summed E-state index contributed by atoms with van der Waals surface area (Å²) in [7, 11) is -3.60. The molecule has 80 valence electrons. The maximum absolute atomic E-state index is 11.2. The van der Waals surface area contributed by atoms with Crippen LogP contribution in [0.5, 0.6) is 0 Å². The van der Waals surface area contributed by atoms with Crippen molar-refractivity contribution in [3.63, 3.8) is 0 Å². The number of nitrogens with one attached hydrogen (secondary N) is 1. The molecule has 15 heavy (non-hydrogen) atoms. The highest BCUT2D eigenvalue weighted by molar-refractivity contribution is 9.10. The molecule has 1 N–H and O–H groups in total. The van der Waals surface area contributed by atoms with Gasteiger partial charge >= 0.3 is 0 Å². The predicted octanol–water partition coefficient (Wildman–Crippen LogP) is 2.37. The molecule has 0 saturated heterocycles. The molecule has 0 saturated carbocycles. The summed E-state index contributed by atoms with van der Waals surface area (Å²) in [5.41, 5.74) is 0.356. The van der Waals surface area contributed by atoms with Crippen LogP contribution in [0.4, 0.5) is 5.69 Å². The van der Waals surface area contributed by atoms with Crippen LogP contribution in [0.3, 0.4) is 0 Å². The molecule has 0 aliphatic carbocycles. The number of hydrogen-bond donors (Lipinski definition) is 1. The molecule has 0 aromatic heterocycles. The number of anilines is 1. The highest BCUT2D eigenvalue weighted by Gasteiger charge is 2.11. The van der Waals surface area contributed by atoms with Gasteiger partial charge in [-0.2, -0.15) is 5.26 Å². The third-order valence-corrected chi connectivity index (χ3v) is 3.38. The average Bonchev–Trinajstić information content (AvgIpc) is 2.09. The molecular formula is C8H6BrClN2O2S. The number of rotatable bonds is 3. The standard InChI is InChI=1S/C8H6BrClN2O2S/c9-7-5-6(10)1-2-8(7)12-15(13,14)4-3-11/h1-2,5,12H,4H2. The Morgan fingerprint density at radius 2 is 2.20 bits per heavy atom. The van der Waals surface area contributed by atoms with Gasteiger partial charge in [0.15, 0.2) is 5.75 Å². The normalized spacial score (nSPS) is 10.7. The van der Waals surface area contributed by atoms with Crippen molar-refractivity contribution in [2.24, 2.45) is 0 Å². The summed E-state index contributed by atoms with van der Waals surface area (Å²) >= 11 is 8.85. The van der Waals surface area contributed by atoms with Crippen LogP contribution in [0.1, 0.15) is 0 Å². The zero-order valence-corrected chi connectivity index (χ0v) is 10.5. The van der Waals surface area contributed by atoms with Crippen molar-refractivity contribution < 1.29 is 8.42 Å². The van der Waals surface area contributed by atoms with Crippen molar-refractivity contribution in [3.05, 3.63) is 27.7 Å². The molecule has 4 nitrogen and oxygen atoms in total. The van der Waals surface area contributed by atoms with Crippen LogP contribution in [-0.2, 0) is 10.0 Å². The van der Waals surface area contributed by atoms with E-state index in [1.54, 1.807) is 18.2 Å². The Balaban J connectivity index is 2.96. The van der Waals surface area contributed by atoms with Gasteiger partial charge in [0.05, 0.1) is 11.8 Å². The smallest absolute Gasteiger partial charge is 0.246 e. The van der Waals surface area contributed by atoms with E-state index in [0.717, 1.165) is 0 Å². The Bertz CT molecular complexity index is 510. The Morgan fingerprint density at radius 3 is 2.73 bits per heavy atom. The lowest BCUT2D eigenvalue weighted by atomic mass is 10.3. The number of sulfonamides is 1. The SMILES string of the molecule is N#CCS(=O)(=O)Nc1ccc(Cl)cc1Br. The molecule has 7 heteroatoms. The van der Waals surface area contributed by atoms with Gasteiger partial charge in [-0.1, -0.05) is 11.6 Å². The lowest BCUT2D eigenvalue weighted by molar-refractivity contribution is 0.604. The highest BCUT2D eigenvalue weighted by atomic mass is 79.9. The van der Waals surface area contributed by atoms with Gasteiger partial charge in [0, 0.05) is 9.50 Å². The van der Waals surface area contributed by atoms with Crippen LogP contribution in [-0.4, -0.2) is 14.2 Å². The van der Waals surface area contributed by atoms with Gasteiger partial charge in [-0.3, -0.25) is 4.72 Å². The van der Waals surface area contributed by atoms with Crippen molar-refractivity contribution in [3.8, 4) is 6.07 Å². The fourth-order valence-electron chi connectivity index (χ4n) is 0.861. The van der Waals surface area contributed by atoms with E-state index >= 15 is 0 Å². The minimum atomic E-state index is -3.60. The van der Waals surface area contributed by atoms with E-state index in [1.807, 2.05) is 0 Å². The topological polar surface area (TPSA) is 70.0 Å². The van der Waals surface area contributed by atoms with Gasteiger partial charge in [0.25, 0.3) is 0 Å². The van der Waals surface area contributed by atoms with E-state index < -0.39 is 15.8 Å². The molecule has 1 aromatic carbocycles. The molecule has 0 radical (unpaired) electrons. The zero-order valence-electron chi connectivity index (χ0n) is 7.37.